The first-order valence-electron chi connectivity index (χ1n) is 8.57. The van der Waals surface area contributed by atoms with Gasteiger partial charge in [-0.2, -0.15) is 0 Å². The maximum atomic E-state index is 12.3. The Morgan fingerprint density at radius 3 is 2.25 bits per heavy atom. The summed E-state index contributed by atoms with van der Waals surface area (Å²) in [5.74, 6) is 2.99. The Kier molecular flexibility index (Phi) is 3.10. The molecule has 5 fully saturated rings. The van der Waals surface area contributed by atoms with Crippen LogP contribution in [0.5, 0.6) is 0 Å². The molecule has 0 radical (unpaired) electrons. The van der Waals surface area contributed by atoms with Crippen molar-refractivity contribution in [3.63, 3.8) is 0 Å². The second-order valence-electron chi connectivity index (χ2n) is 8.01. The van der Waals surface area contributed by atoms with Gasteiger partial charge in [0.15, 0.2) is 0 Å². The van der Waals surface area contributed by atoms with E-state index in [1.54, 1.807) is 0 Å². The highest BCUT2D eigenvalue weighted by atomic mass is 16.5. The van der Waals surface area contributed by atoms with Gasteiger partial charge in [0.25, 0.3) is 0 Å². The van der Waals surface area contributed by atoms with Crippen LogP contribution < -0.4 is 5.32 Å². The average Bonchev–Trinajstić information content (AvgIpc) is 2.90. The number of hydrogen-bond donors (Lipinski definition) is 1. The van der Waals surface area contributed by atoms with Gasteiger partial charge in [-0.15, -0.1) is 0 Å². The summed E-state index contributed by atoms with van der Waals surface area (Å²) in [6.45, 7) is 3.00. The van der Waals surface area contributed by atoms with Crippen LogP contribution in [0.1, 0.15) is 58.3 Å². The second kappa shape index (κ2) is 4.72. The van der Waals surface area contributed by atoms with E-state index >= 15 is 0 Å². The van der Waals surface area contributed by atoms with Crippen LogP contribution in [-0.2, 0) is 9.53 Å². The van der Waals surface area contributed by atoms with E-state index < -0.39 is 0 Å². The third-order valence-corrected chi connectivity index (χ3v) is 6.59. The van der Waals surface area contributed by atoms with Crippen molar-refractivity contribution in [1.82, 2.24) is 5.32 Å². The van der Waals surface area contributed by atoms with E-state index in [1.807, 2.05) is 0 Å². The van der Waals surface area contributed by atoms with E-state index in [-0.39, 0.29) is 12.0 Å². The Bertz CT molecular complexity index is 365. The van der Waals surface area contributed by atoms with Gasteiger partial charge < -0.3 is 10.1 Å². The van der Waals surface area contributed by atoms with Crippen molar-refractivity contribution in [1.29, 1.82) is 0 Å². The summed E-state index contributed by atoms with van der Waals surface area (Å²) in [5.41, 5.74) is 0.406. The van der Waals surface area contributed by atoms with Gasteiger partial charge in [0.1, 0.15) is 6.10 Å². The minimum atomic E-state index is -0.175. The van der Waals surface area contributed by atoms with Crippen molar-refractivity contribution in [2.24, 2.45) is 23.2 Å². The van der Waals surface area contributed by atoms with E-state index in [4.69, 9.17) is 4.74 Å². The fourth-order valence-corrected chi connectivity index (χ4v) is 5.95. The van der Waals surface area contributed by atoms with Gasteiger partial charge in [-0.3, -0.25) is 4.79 Å². The minimum Gasteiger partial charge on any atom is -0.368 e. The zero-order valence-electron chi connectivity index (χ0n) is 12.6. The van der Waals surface area contributed by atoms with E-state index in [0.29, 0.717) is 11.5 Å². The molecule has 0 aromatic rings. The third kappa shape index (κ3) is 2.09. The van der Waals surface area contributed by atoms with Gasteiger partial charge in [-0.1, -0.05) is 0 Å². The Morgan fingerprint density at radius 1 is 1.15 bits per heavy atom. The number of ether oxygens (including phenoxy) is 1. The second-order valence-corrected chi connectivity index (χ2v) is 8.01. The van der Waals surface area contributed by atoms with E-state index in [2.05, 4.69) is 12.2 Å². The summed E-state index contributed by atoms with van der Waals surface area (Å²) in [7, 11) is 0. The molecule has 4 bridgehead atoms. The van der Waals surface area contributed by atoms with Gasteiger partial charge in [-0.05, 0) is 81.5 Å². The van der Waals surface area contributed by atoms with Crippen LogP contribution in [0.2, 0.25) is 0 Å². The van der Waals surface area contributed by atoms with Crippen molar-refractivity contribution < 1.29 is 9.53 Å². The van der Waals surface area contributed by atoms with Crippen LogP contribution in [-0.4, -0.2) is 24.7 Å². The summed E-state index contributed by atoms with van der Waals surface area (Å²) < 4.78 is 5.52. The highest BCUT2D eigenvalue weighted by molar-refractivity contribution is 5.81. The predicted molar refractivity (Wildman–Crippen MR) is 77.2 cm³/mol. The van der Waals surface area contributed by atoms with Crippen LogP contribution in [0.15, 0.2) is 0 Å². The minimum absolute atomic E-state index is 0.144. The maximum absolute atomic E-state index is 12.3. The molecule has 1 saturated heterocycles. The smallest absolute Gasteiger partial charge is 0.249 e. The summed E-state index contributed by atoms with van der Waals surface area (Å²) >= 11 is 0. The molecule has 4 saturated carbocycles. The van der Waals surface area contributed by atoms with E-state index in [1.165, 1.54) is 38.5 Å². The number of amides is 1. The molecule has 3 heteroatoms. The molecule has 1 N–H and O–H groups in total. The quantitative estimate of drug-likeness (QED) is 0.861. The van der Waals surface area contributed by atoms with Gasteiger partial charge in [0, 0.05) is 12.6 Å². The summed E-state index contributed by atoms with van der Waals surface area (Å²) in [6.07, 6.45) is 10.2. The van der Waals surface area contributed by atoms with Crippen molar-refractivity contribution in [3.8, 4) is 0 Å². The lowest BCUT2D eigenvalue weighted by Gasteiger charge is -2.59. The lowest BCUT2D eigenvalue weighted by Crippen LogP contribution is -2.56. The molecule has 5 aliphatic rings. The molecule has 0 aromatic heterocycles. The highest BCUT2D eigenvalue weighted by Gasteiger charge is 2.53. The monoisotopic (exact) mass is 277 g/mol. The van der Waals surface area contributed by atoms with Gasteiger partial charge in [-0.25, -0.2) is 0 Å². The molecule has 20 heavy (non-hydrogen) atoms. The fraction of sp³-hybridized carbons (Fsp3) is 0.941. The lowest BCUT2D eigenvalue weighted by atomic mass is 9.48. The van der Waals surface area contributed by atoms with Crippen LogP contribution in [0.4, 0.5) is 0 Å². The molecular weight excluding hydrogens is 250 g/mol. The van der Waals surface area contributed by atoms with Gasteiger partial charge in [0.2, 0.25) is 5.91 Å². The molecule has 2 atom stereocenters. The van der Waals surface area contributed by atoms with Crippen molar-refractivity contribution in [3.05, 3.63) is 0 Å². The number of carbonyl (C=O) groups is 1. The molecule has 0 aromatic carbocycles. The summed E-state index contributed by atoms with van der Waals surface area (Å²) in [5, 5.41) is 3.31. The van der Waals surface area contributed by atoms with Crippen LogP contribution in [0.25, 0.3) is 0 Å². The molecular formula is C17H27NO2. The van der Waals surface area contributed by atoms with Crippen molar-refractivity contribution >= 4 is 5.91 Å². The normalized spacial score (nSPS) is 47.5. The summed E-state index contributed by atoms with van der Waals surface area (Å²) in [4.78, 5) is 12.3. The first kappa shape index (κ1) is 13.1. The first-order valence-corrected chi connectivity index (χ1v) is 8.57. The molecule has 0 unspecified atom stereocenters. The molecule has 1 aliphatic heterocycles. The largest absolute Gasteiger partial charge is 0.368 e. The first-order chi connectivity index (χ1) is 9.64. The fourth-order valence-electron chi connectivity index (χ4n) is 5.95. The maximum Gasteiger partial charge on any atom is 0.249 e. The van der Waals surface area contributed by atoms with Crippen LogP contribution >= 0.6 is 0 Å². The Morgan fingerprint density at radius 2 is 1.75 bits per heavy atom. The van der Waals surface area contributed by atoms with E-state index in [9.17, 15) is 4.79 Å². The molecule has 1 amide bonds. The Labute approximate surface area is 121 Å². The van der Waals surface area contributed by atoms with Crippen molar-refractivity contribution in [2.75, 3.05) is 6.61 Å². The predicted octanol–water partition coefficient (Wildman–Crippen LogP) is 2.89. The Hall–Kier alpha value is -0.570. The summed E-state index contributed by atoms with van der Waals surface area (Å²) in [6, 6.07) is 0.326. The number of hydrogen-bond acceptors (Lipinski definition) is 2. The number of nitrogens with one attached hydrogen (secondary N) is 1. The topological polar surface area (TPSA) is 38.3 Å². The van der Waals surface area contributed by atoms with Crippen LogP contribution in [0.3, 0.4) is 0 Å². The van der Waals surface area contributed by atoms with Gasteiger partial charge in [0.05, 0.1) is 0 Å². The zero-order chi connectivity index (χ0) is 13.7. The van der Waals surface area contributed by atoms with Crippen LogP contribution in [0, 0.1) is 23.2 Å². The molecule has 3 nitrogen and oxygen atoms in total. The molecule has 0 spiro atoms. The zero-order valence-corrected chi connectivity index (χ0v) is 12.6. The lowest BCUT2D eigenvalue weighted by molar-refractivity contribution is -0.134. The molecule has 112 valence electrons. The third-order valence-electron chi connectivity index (χ3n) is 6.59. The SMILES string of the molecule is C[C@@H](NC(=O)[C@H]1CCCO1)C12CC3CC(CC(C3)C1)C2. The molecule has 1 heterocycles. The number of carbonyl (C=O) groups excluding carboxylic acids is 1. The Balaban J connectivity index is 1.45. The highest BCUT2D eigenvalue weighted by Crippen LogP contribution is 2.61. The standard InChI is InChI=1S/C17H27NO2/c1-11(18-16(19)15-3-2-4-20-15)17-8-12-5-13(9-17)7-14(6-12)10-17/h11-15H,2-10H2,1H3,(H,18,19)/t11-,12?,13?,14?,15-,17?/m1/s1. The molecule has 4 aliphatic carbocycles. The van der Waals surface area contributed by atoms with Crippen molar-refractivity contribution in [2.45, 2.75) is 70.4 Å². The number of rotatable bonds is 3. The van der Waals surface area contributed by atoms with Gasteiger partial charge >= 0.3 is 0 Å². The average molecular weight is 277 g/mol. The van der Waals surface area contributed by atoms with E-state index in [0.717, 1.165) is 37.2 Å². The molecule has 5 rings (SSSR count).